The van der Waals surface area contributed by atoms with Crippen LogP contribution in [0.5, 0.6) is 0 Å². The number of hydrogen-bond donors (Lipinski definition) is 0. The molecule has 0 bridgehead atoms. The van der Waals surface area contributed by atoms with Crippen LogP contribution in [0, 0.1) is 83.1 Å². The van der Waals surface area contributed by atoms with Crippen LogP contribution < -0.4 is 32.8 Å². The van der Waals surface area contributed by atoms with Crippen LogP contribution in [0.25, 0.3) is 55.0 Å². The Balaban J connectivity index is 1.24. The van der Waals surface area contributed by atoms with Gasteiger partial charge in [-0.1, -0.05) is 209 Å². The molecule has 342 valence electrons. The topological polar surface area (TPSA) is 9.86 Å². The number of para-hydroxylation sites is 2. The fraction of sp³-hybridized carbons (Fsp3) is 0.182. The molecule has 4 heteroatoms. The monoisotopic (exact) mass is 905 g/mol. The van der Waals surface area contributed by atoms with Crippen molar-refractivity contribution < 1.29 is 0 Å². The van der Waals surface area contributed by atoms with Crippen LogP contribution in [0.4, 0.5) is 0 Å². The highest BCUT2D eigenvalue weighted by atomic mass is 15.0. The Morgan fingerprint density at radius 3 is 0.786 bits per heavy atom. The Labute approximate surface area is 415 Å². The van der Waals surface area contributed by atoms with Crippen molar-refractivity contribution in [2.45, 2.75) is 83.1 Å². The minimum atomic E-state index is 0.0631. The molecule has 0 unspecified atom stereocenters. The molecule has 0 aliphatic carbocycles. The van der Waals surface area contributed by atoms with Gasteiger partial charge in [-0.25, -0.2) is 0 Å². The molecule has 0 saturated carbocycles. The van der Waals surface area contributed by atoms with Gasteiger partial charge in [0.2, 0.25) is 13.4 Å². The van der Waals surface area contributed by atoms with Crippen molar-refractivity contribution in [2.24, 2.45) is 0 Å². The van der Waals surface area contributed by atoms with E-state index in [1.807, 2.05) is 0 Å². The smallest absolute Gasteiger partial charge is 0.242 e. The molecular weight excluding hydrogens is 842 g/mol. The highest BCUT2D eigenvalue weighted by Gasteiger charge is 2.32. The van der Waals surface area contributed by atoms with Crippen molar-refractivity contribution in [3.05, 3.63) is 224 Å². The van der Waals surface area contributed by atoms with Crippen molar-refractivity contribution in [1.82, 2.24) is 9.13 Å². The predicted molar refractivity (Wildman–Crippen MR) is 307 cm³/mol. The predicted octanol–water partition coefficient (Wildman–Crippen LogP) is 12.6. The van der Waals surface area contributed by atoms with Crippen molar-refractivity contribution in [3.8, 4) is 11.4 Å². The normalized spacial score (nSPS) is 11.7. The number of aromatic nitrogens is 2. The van der Waals surface area contributed by atoms with Gasteiger partial charge in [-0.15, -0.1) is 0 Å². The summed E-state index contributed by atoms with van der Waals surface area (Å²) in [6.07, 6.45) is 0. The fourth-order valence-corrected chi connectivity index (χ4v) is 13.2. The summed E-state index contributed by atoms with van der Waals surface area (Å²) in [4.78, 5) is 0. The second kappa shape index (κ2) is 17.3. The van der Waals surface area contributed by atoms with E-state index in [0.717, 1.165) is 11.4 Å². The lowest BCUT2D eigenvalue weighted by Gasteiger charge is -2.25. The van der Waals surface area contributed by atoms with Gasteiger partial charge in [0.25, 0.3) is 0 Å². The van der Waals surface area contributed by atoms with Crippen LogP contribution in [0.15, 0.2) is 158 Å². The summed E-state index contributed by atoms with van der Waals surface area (Å²) in [6, 6.07) is 60.6. The van der Waals surface area contributed by atoms with Gasteiger partial charge >= 0.3 is 0 Å². The third-order valence-electron chi connectivity index (χ3n) is 15.5. The Bertz CT molecular complexity index is 3440. The first-order chi connectivity index (χ1) is 33.7. The van der Waals surface area contributed by atoms with Crippen molar-refractivity contribution in [3.63, 3.8) is 0 Å². The lowest BCUT2D eigenvalue weighted by atomic mass is 9.34. The summed E-state index contributed by atoms with van der Waals surface area (Å²) in [5.74, 6) is 0. The Hall–Kier alpha value is -7.29. The maximum Gasteiger partial charge on any atom is 0.242 e. The number of benzene rings is 9. The van der Waals surface area contributed by atoms with Crippen LogP contribution in [0.3, 0.4) is 0 Å². The number of rotatable bonds is 8. The second-order valence-electron chi connectivity index (χ2n) is 20.9. The first-order valence-electron chi connectivity index (χ1n) is 25.1. The first-order valence-corrected chi connectivity index (χ1v) is 25.1. The van der Waals surface area contributed by atoms with E-state index in [1.165, 1.54) is 143 Å². The van der Waals surface area contributed by atoms with Crippen LogP contribution in [0.1, 0.15) is 66.8 Å². The standard InChI is InChI=1S/C66H62B2N2/c1-39-27-43(5)63(44(6)28-39)67(64-45(7)29-40(2)30-46(64)8)51-23-25-59-55(35-51)57-37-62-58(38-61(57)69(59)53-19-15-13-16-20-53)56-36-52(24-26-60(56)70(62)54-21-17-14-18-22-54)68(65-47(9)31-41(3)32-48(65)10)66-49(11)33-42(4)34-50(66)12/h13-38H,1-12H3. The maximum atomic E-state index is 2.53. The first kappa shape index (κ1) is 45.2. The molecule has 11 rings (SSSR count). The van der Waals surface area contributed by atoms with Crippen molar-refractivity contribution >= 4 is 89.8 Å². The summed E-state index contributed by atoms with van der Waals surface area (Å²) in [7, 11) is 0. The molecule has 2 nitrogen and oxygen atoms in total. The number of nitrogens with zero attached hydrogens (tertiary/aromatic N) is 2. The molecule has 0 spiro atoms. The molecule has 0 aliphatic rings. The van der Waals surface area contributed by atoms with E-state index in [2.05, 4.69) is 250 Å². The molecule has 0 amide bonds. The minimum Gasteiger partial charge on any atom is -0.309 e. The quantitative estimate of drug-likeness (QED) is 0.135. The zero-order valence-electron chi connectivity index (χ0n) is 43.1. The van der Waals surface area contributed by atoms with E-state index in [0.29, 0.717) is 0 Å². The third-order valence-corrected chi connectivity index (χ3v) is 15.5. The minimum absolute atomic E-state index is 0.0631. The van der Waals surface area contributed by atoms with Gasteiger partial charge in [-0.05, 0) is 132 Å². The lowest BCUT2D eigenvalue weighted by molar-refractivity contribution is 1.17. The average Bonchev–Trinajstić information content (AvgIpc) is 3.80. The number of aryl methyl sites for hydroxylation is 12. The highest BCUT2D eigenvalue weighted by Crippen LogP contribution is 2.39. The molecule has 70 heavy (non-hydrogen) atoms. The molecule has 2 heterocycles. The third kappa shape index (κ3) is 7.43. The summed E-state index contributed by atoms with van der Waals surface area (Å²) in [6.45, 7) is 27.5. The van der Waals surface area contributed by atoms with Crippen LogP contribution in [-0.2, 0) is 0 Å². The molecule has 0 N–H and O–H groups in total. The summed E-state index contributed by atoms with van der Waals surface area (Å²) < 4.78 is 5.01. The van der Waals surface area contributed by atoms with Crippen LogP contribution in [0.2, 0.25) is 0 Å². The van der Waals surface area contributed by atoms with Gasteiger partial charge in [0.1, 0.15) is 0 Å². The van der Waals surface area contributed by atoms with E-state index in [9.17, 15) is 0 Å². The van der Waals surface area contributed by atoms with E-state index < -0.39 is 0 Å². The maximum absolute atomic E-state index is 2.53. The summed E-state index contributed by atoms with van der Waals surface area (Å²) >= 11 is 0. The van der Waals surface area contributed by atoms with Gasteiger partial charge in [-0.3, -0.25) is 0 Å². The van der Waals surface area contributed by atoms with E-state index in [4.69, 9.17) is 0 Å². The molecule has 9 aromatic carbocycles. The Kier molecular flexibility index (Phi) is 11.2. The molecule has 0 radical (unpaired) electrons. The molecule has 0 saturated heterocycles. The van der Waals surface area contributed by atoms with Crippen molar-refractivity contribution in [2.75, 3.05) is 0 Å². The lowest BCUT2D eigenvalue weighted by Crippen LogP contribution is -2.55. The SMILES string of the molecule is Cc1cc(C)c(B(c2ccc3c(c2)c2cc4c(cc2n3-c2ccccc2)c2cc(B(c3c(C)cc(C)cc3C)c3c(C)cc(C)cc3C)ccc2n4-c2ccccc2)c2c(C)cc(C)cc2C)c(C)c1. The van der Waals surface area contributed by atoms with Gasteiger partial charge in [0.15, 0.2) is 0 Å². The van der Waals surface area contributed by atoms with Crippen LogP contribution >= 0.6 is 0 Å². The van der Waals surface area contributed by atoms with E-state index >= 15 is 0 Å². The largest absolute Gasteiger partial charge is 0.309 e. The van der Waals surface area contributed by atoms with Crippen LogP contribution in [-0.4, -0.2) is 22.6 Å². The molecule has 2 aromatic heterocycles. The van der Waals surface area contributed by atoms with Crippen molar-refractivity contribution in [1.29, 1.82) is 0 Å². The summed E-state index contributed by atoms with van der Waals surface area (Å²) in [5.41, 5.74) is 31.3. The average molecular weight is 905 g/mol. The van der Waals surface area contributed by atoms with E-state index in [-0.39, 0.29) is 13.4 Å². The Morgan fingerprint density at radius 1 is 0.257 bits per heavy atom. The molecule has 0 aliphatic heterocycles. The zero-order chi connectivity index (χ0) is 48.9. The Morgan fingerprint density at radius 2 is 0.514 bits per heavy atom. The second-order valence-corrected chi connectivity index (χ2v) is 20.9. The molecular formula is C66H62B2N2. The fourth-order valence-electron chi connectivity index (χ4n) is 13.2. The molecule has 11 aromatic rings. The molecule has 0 atom stereocenters. The zero-order valence-corrected chi connectivity index (χ0v) is 43.1. The van der Waals surface area contributed by atoms with Gasteiger partial charge in [0.05, 0.1) is 22.1 Å². The van der Waals surface area contributed by atoms with Gasteiger partial charge in [-0.2, -0.15) is 0 Å². The number of fused-ring (bicyclic) bond motifs is 6. The van der Waals surface area contributed by atoms with Gasteiger partial charge in [0, 0.05) is 32.9 Å². The number of hydrogen-bond acceptors (Lipinski definition) is 0. The van der Waals surface area contributed by atoms with E-state index in [1.54, 1.807) is 0 Å². The molecule has 0 fully saturated rings. The highest BCUT2D eigenvalue weighted by molar-refractivity contribution is 6.97. The van der Waals surface area contributed by atoms with Gasteiger partial charge < -0.3 is 9.13 Å². The summed E-state index contributed by atoms with van der Waals surface area (Å²) in [5, 5.41) is 5.01.